The monoisotopic (exact) mass is 589 g/mol. The molecule has 0 aliphatic carbocycles. The number of oxazole rings is 5. The van der Waals surface area contributed by atoms with Crippen molar-refractivity contribution in [3.8, 4) is 34.8 Å². The molecule has 2 N–H and O–H groups in total. The molecule has 5 aromatic rings. The Hall–Kier alpha value is -5.01. The summed E-state index contributed by atoms with van der Waals surface area (Å²) < 4.78 is 30.0. The summed E-state index contributed by atoms with van der Waals surface area (Å²) >= 11 is 0. The number of aromatic nitrogens is 5. The number of carbonyl (C=O) groups is 2. The van der Waals surface area contributed by atoms with Gasteiger partial charge in [-0.2, -0.15) is 0 Å². The van der Waals surface area contributed by atoms with E-state index < -0.39 is 11.8 Å². The van der Waals surface area contributed by atoms with Gasteiger partial charge in [0.1, 0.15) is 28.8 Å². The van der Waals surface area contributed by atoms with E-state index in [2.05, 4.69) is 30.6 Å². The van der Waals surface area contributed by atoms with Gasteiger partial charge in [0, 0.05) is 32.1 Å². The molecule has 0 aromatic carbocycles. The summed E-state index contributed by atoms with van der Waals surface area (Å²) in [6.45, 7) is 9.41. The summed E-state index contributed by atoms with van der Waals surface area (Å²) in [7, 11) is 0. The maximum absolute atomic E-state index is 13.2. The number of nitrogens with one attached hydrogen (secondary N) is 2. The number of nitrogens with zero attached hydrogens (tertiary/aromatic N) is 5. The van der Waals surface area contributed by atoms with Crippen LogP contribution in [-0.4, -0.2) is 36.7 Å². The highest BCUT2D eigenvalue weighted by atomic mass is 16.4. The lowest BCUT2D eigenvalue weighted by atomic mass is 10.2. The van der Waals surface area contributed by atoms with Crippen LogP contribution in [0.3, 0.4) is 0 Å². The zero-order valence-electron chi connectivity index (χ0n) is 24.5. The van der Waals surface area contributed by atoms with Crippen LogP contribution in [0.2, 0.25) is 0 Å². The molecule has 0 unspecified atom stereocenters. The van der Waals surface area contributed by atoms with Gasteiger partial charge in [-0.1, -0.05) is 34.6 Å². The fourth-order valence-electron chi connectivity index (χ4n) is 4.84. The molecule has 1 aliphatic heterocycles. The normalized spacial score (nSPS) is 13.5. The minimum atomic E-state index is -0.484. The molecule has 0 saturated heterocycles. The quantitative estimate of drug-likeness (QED) is 0.290. The summed E-state index contributed by atoms with van der Waals surface area (Å²) in [5.74, 6) is 2.51. The maximum atomic E-state index is 13.2. The van der Waals surface area contributed by atoms with Crippen molar-refractivity contribution in [3.63, 3.8) is 0 Å². The Morgan fingerprint density at radius 1 is 0.465 bits per heavy atom. The highest BCUT2D eigenvalue weighted by Gasteiger charge is 2.29. The molecule has 0 radical (unpaired) electrons. The van der Waals surface area contributed by atoms with Crippen molar-refractivity contribution in [2.24, 2.45) is 0 Å². The Kier molecular flexibility index (Phi) is 7.42. The van der Waals surface area contributed by atoms with E-state index in [1.165, 1.54) is 0 Å². The van der Waals surface area contributed by atoms with Crippen LogP contribution in [0.25, 0.3) is 34.8 Å². The average molecular weight is 590 g/mol. The van der Waals surface area contributed by atoms with Crippen molar-refractivity contribution in [2.45, 2.75) is 79.8 Å². The molecular formula is C29H31N7O7. The summed E-state index contributed by atoms with van der Waals surface area (Å²) in [4.78, 5) is 49.1. The largest absolute Gasteiger partial charge is 0.443 e. The lowest BCUT2D eigenvalue weighted by molar-refractivity contribution is 0.0934. The van der Waals surface area contributed by atoms with Gasteiger partial charge in [0.15, 0.2) is 28.5 Å². The molecule has 14 heteroatoms. The smallest absolute Gasteiger partial charge is 0.273 e. The maximum Gasteiger partial charge on any atom is 0.273 e. The minimum absolute atomic E-state index is 0.000851. The topological polar surface area (TPSA) is 188 Å². The van der Waals surface area contributed by atoms with Gasteiger partial charge in [0.2, 0.25) is 29.5 Å². The molecule has 0 atom stereocenters. The van der Waals surface area contributed by atoms with E-state index in [0.717, 1.165) is 0 Å². The Labute approximate surface area is 245 Å². The lowest BCUT2D eigenvalue weighted by Gasteiger charge is -2.01. The SMILES string of the molecule is CCc1oc2nc1C(=O)NCc1nc(c(CC)o1)-c1nc(c(CC)o1)-c1nc(c(CC)o1)-c1nc(c(CC)o1)C(=O)NC2. The zero-order valence-corrected chi connectivity index (χ0v) is 24.5. The molecule has 6 rings (SSSR count). The molecule has 0 fully saturated rings. The Bertz CT molecular complexity index is 1820. The summed E-state index contributed by atoms with van der Waals surface area (Å²) in [5.41, 5.74) is 1.45. The molecule has 5 aromatic heterocycles. The highest BCUT2D eigenvalue weighted by Crippen LogP contribution is 2.35. The third-order valence-corrected chi connectivity index (χ3v) is 7.02. The predicted molar refractivity (Wildman–Crippen MR) is 149 cm³/mol. The van der Waals surface area contributed by atoms with Crippen LogP contribution in [0, 0.1) is 0 Å². The van der Waals surface area contributed by atoms with Crippen LogP contribution in [0.5, 0.6) is 0 Å². The Morgan fingerprint density at radius 2 is 0.767 bits per heavy atom. The van der Waals surface area contributed by atoms with Gasteiger partial charge in [-0.15, -0.1) is 0 Å². The predicted octanol–water partition coefficient (Wildman–Crippen LogP) is 4.61. The molecule has 14 nitrogen and oxygen atoms in total. The van der Waals surface area contributed by atoms with Gasteiger partial charge in [-0.25, -0.2) is 24.9 Å². The number of hydrogen-bond donors (Lipinski definition) is 2. The molecule has 0 saturated carbocycles. The first-order valence-electron chi connectivity index (χ1n) is 14.4. The second kappa shape index (κ2) is 11.3. The van der Waals surface area contributed by atoms with Gasteiger partial charge in [0.05, 0.1) is 13.1 Å². The standard InChI is InChI=1S/C29H31N7O7/c1-6-13-20-25(37)30-12-19-33-22(15(8-3)40-19)27-35-24(17(10-5)42-27)29-36-23(16(9-4)43-29)28-34-21(14(7-2)41-28)26(38)31-11-18(32-20)39-13/h6-12H2,1-5H3,(H,30,37)(H,31,38). The molecule has 6 heterocycles. The summed E-state index contributed by atoms with van der Waals surface area (Å²) in [6, 6.07) is 0. The number of fused-ring (bicyclic) bond motifs is 13. The number of aryl methyl sites for hydroxylation is 5. The number of rotatable bonds is 5. The van der Waals surface area contributed by atoms with Crippen LogP contribution in [0.15, 0.2) is 22.1 Å². The third-order valence-electron chi connectivity index (χ3n) is 7.02. The molecular weight excluding hydrogens is 558 g/mol. The van der Waals surface area contributed by atoms with Crippen molar-refractivity contribution < 1.29 is 31.7 Å². The highest BCUT2D eigenvalue weighted by molar-refractivity contribution is 5.94. The van der Waals surface area contributed by atoms with Crippen molar-refractivity contribution >= 4 is 11.8 Å². The van der Waals surface area contributed by atoms with E-state index in [4.69, 9.17) is 27.1 Å². The summed E-state index contributed by atoms with van der Waals surface area (Å²) in [5, 5.41) is 5.55. The molecule has 1 aliphatic rings. The lowest BCUT2D eigenvalue weighted by Crippen LogP contribution is -2.25. The van der Waals surface area contributed by atoms with Gasteiger partial charge >= 0.3 is 0 Å². The number of amides is 2. The molecule has 2 amide bonds. The average Bonchev–Trinajstić information content (AvgIpc) is 3.85. The second-order valence-electron chi connectivity index (χ2n) is 9.76. The fourth-order valence-corrected chi connectivity index (χ4v) is 4.84. The minimum Gasteiger partial charge on any atom is -0.443 e. The molecule has 0 spiro atoms. The van der Waals surface area contributed by atoms with Crippen molar-refractivity contribution in [3.05, 3.63) is 52.0 Å². The van der Waals surface area contributed by atoms with E-state index in [0.29, 0.717) is 78.0 Å². The van der Waals surface area contributed by atoms with Crippen LogP contribution in [0.1, 0.15) is 96.2 Å². The van der Waals surface area contributed by atoms with Gasteiger partial charge < -0.3 is 32.7 Å². The van der Waals surface area contributed by atoms with E-state index in [1.807, 2.05) is 34.6 Å². The van der Waals surface area contributed by atoms with Crippen molar-refractivity contribution in [2.75, 3.05) is 0 Å². The van der Waals surface area contributed by atoms with Gasteiger partial charge in [0.25, 0.3) is 11.8 Å². The first kappa shape index (κ1) is 28.1. The summed E-state index contributed by atoms with van der Waals surface area (Å²) in [6.07, 6.45) is 2.35. The second-order valence-corrected chi connectivity index (χ2v) is 9.76. The Balaban J connectivity index is 1.50. The van der Waals surface area contributed by atoms with Gasteiger partial charge in [-0.05, 0) is 0 Å². The van der Waals surface area contributed by atoms with Crippen LogP contribution < -0.4 is 10.6 Å². The van der Waals surface area contributed by atoms with Crippen LogP contribution in [0.4, 0.5) is 0 Å². The Morgan fingerprint density at radius 3 is 1.21 bits per heavy atom. The van der Waals surface area contributed by atoms with Crippen molar-refractivity contribution in [1.29, 1.82) is 0 Å². The van der Waals surface area contributed by atoms with Gasteiger partial charge in [-0.3, -0.25) is 9.59 Å². The van der Waals surface area contributed by atoms with E-state index >= 15 is 0 Å². The molecule has 43 heavy (non-hydrogen) atoms. The van der Waals surface area contributed by atoms with E-state index in [1.54, 1.807) is 0 Å². The fraction of sp³-hybridized carbons (Fsp3) is 0.414. The third kappa shape index (κ3) is 5.02. The first-order chi connectivity index (χ1) is 20.9. The molecule has 224 valence electrons. The zero-order chi connectivity index (χ0) is 30.2. The van der Waals surface area contributed by atoms with Crippen LogP contribution >= 0.6 is 0 Å². The molecule has 10 bridgehead atoms. The van der Waals surface area contributed by atoms with Crippen molar-refractivity contribution in [1.82, 2.24) is 35.6 Å². The van der Waals surface area contributed by atoms with E-state index in [9.17, 15) is 9.59 Å². The van der Waals surface area contributed by atoms with E-state index in [-0.39, 0.29) is 53.9 Å². The number of hydrogen-bond acceptors (Lipinski definition) is 12. The van der Waals surface area contributed by atoms with Crippen LogP contribution in [-0.2, 0) is 45.2 Å². The first-order valence-corrected chi connectivity index (χ1v) is 14.4. The number of carbonyl (C=O) groups excluding carboxylic acids is 2.